The van der Waals surface area contributed by atoms with Crippen LogP contribution in [0.1, 0.15) is 12.8 Å². The number of nitrogens with one attached hydrogen (secondary N) is 1. The maximum Gasteiger partial charge on any atom is 0.243 e. The van der Waals surface area contributed by atoms with Gasteiger partial charge in [0.05, 0.1) is 4.90 Å². The zero-order valence-electron chi connectivity index (χ0n) is 15.9. The molecular weight excluding hydrogens is 444 g/mol. The number of nitrogens with zero attached hydrogens (tertiary/aromatic N) is 3. The summed E-state index contributed by atoms with van der Waals surface area (Å²) < 4.78 is 27.0. The molecule has 4 rings (SSSR count). The molecule has 10 heteroatoms. The van der Waals surface area contributed by atoms with E-state index in [0.717, 1.165) is 10.6 Å². The van der Waals surface area contributed by atoms with Gasteiger partial charge in [0, 0.05) is 29.6 Å². The fraction of sp³-hybridized carbons (Fsp3) is 0.250. The Balaban J connectivity index is 1.36. The lowest BCUT2D eigenvalue weighted by molar-refractivity contribution is -0.120. The molecular formula is C20H19ClN4O3S2. The summed E-state index contributed by atoms with van der Waals surface area (Å²) >= 11 is 7.15. The van der Waals surface area contributed by atoms with Gasteiger partial charge in [-0.1, -0.05) is 53.3 Å². The van der Waals surface area contributed by atoms with E-state index in [1.54, 1.807) is 12.1 Å². The average Bonchev–Trinajstić information content (AvgIpc) is 3.23. The van der Waals surface area contributed by atoms with Crippen molar-refractivity contribution in [1.29, 1.82) is 0 Å². The largest absolute Gasteiger partial charge is 0.300 e. The Hall–Kier alpha value is -2.33. The van der Waals surface area contributed by atoms with Gasteiger partial charge in [-0.3, -0.25) is 4.79 Å². The van der Waals surface area contributed by atoms with E-state index < -0.39 is 10.0 Å². The molecule has 2 aromatic carbocycles. The fourth-order valence-electron chi connectivity index (χ4n) is 3.29. The number of hydrogen-bond acceptors (Lipinski definition) is 6. The molecule has 1 amide bonds. The predicted octanol–water partition coefficient (Wildman–Crippen LogP) is 3.90. The molecule has 7 nitrogen and oxygen atoms in total. The maximum atomic E-state index is 12.8. The van der Waals surface area contributed by atoms with Gasteiger partial charge in [0.25, 0.3) is 0 Å². The molecule has 0 spiro atoms. The van der Waals surface area contributed by atoms with Crippen LogP contribution in [0.5, 0.6) is 0 Å². The highest BCUT2D eigenvalue weighted by Gasteiger charge is 2.32. The van der Waals surface area contributed by atoms with E-state index in [4.69, 9.17) is 11.6 Å². The Morgan fingerprint density at radius 1 is 1.03 bits per heavy atom. The number of amides is 1. The highest BCUT2D eigenvalue weighted by molar-refractivity contribution is 7.89. The van der Waals surface area contributed by atoms with E-state index in [1.807, 2.05) is 30.3 Å². The van der Waals surface area contributed by atoms with Crippen LogP contribution in [0.3, 0.4) is 0 Å². The number of benzene rings is 2. The number of anilines is 1. The SMILES string of the molecule is O=C(Nc1nnc(-c2ccccc2)s1)C1CCN(S(=O)(=O)c2ccc(Cl)cc2)CC1. The lowest BCUT2D eigenvalue weighted by atomic mass is 9.97. The second-order valence-corrected chi connectivity index (χ2v) is 10.3. The minimum atomic E-state index is -3.59. The topological polar surface area (TPSA) is 92.3 Å². The molecule has 0 radical (unpaired) electrons. The van der Waals surface area contributed by atoms with Crippen molar-refractivity contribution in [2.75, 3.05) is 18.4 Å². The monoisotopic (exact) mass is 462 g/mol. The van der Waals surface area contributed by atoms with Crippen molar-refractivity contribution >= 4 is 44.0 Å². The zero-order chi connectivity index (χ0) is 21.1. The standard InChI is InChI=1S/C20H19ClN4O3S2/c21-16-6-8-17(9-7-16)30(27,28)25-12-10-14(11-13-25)18(26)22-20-24-23-19(29-20)15-4-2-1-3-5-15/h1-9,14H,10-13H2,(H,22,24,26). The lowest BCUT2D eigenvalue weighted by Gasteiger charge is -2.30. The van der Waals surface area contributed by atoms with Crippen molar-refractivity contribution in [3.05, 3.63) is 59.6 Å². The molecule has 156 valence electrons. The van der Waals surface area contributed by atoms with Crippen LogP contribution in [-0.2, 0) is 14.8 Å². The molecule has 3 aromatic rings. The van der Waals surface area contributed by atoms with Gasteiger partial charge >= 0.3 is 0 Å². The third kappa shape index (κ3) is 4.54. The molecule has 1 aliphatic rings. The van der Waals surface area contributed by atoms with Crippen molar-refractivity contribution in [3.63, 3.8) is 0 Å². The summed E-state index contributed by atoms with van der Waals surface area (Å²) in [5.74, 6) is -0.431. The summed E-state index contributed by atoms with van der Waals surface area (Å²) in [6.07, 6.45) is 0.895. The van der Waals surface area contributed by atoms with Gasteiger partial charge in [-0.2, -0.15) is 4.31 Å². The van der Waals surface area contributed by atoms with E-state index >= 15 is 0 Å². The Bertz CT molecular complexity index is 1130. The highest BCUT2D eigenvalue weighted by atomic mass is 35.5. The highest BCUT2D eigenvalue weighted by Crippen LogP contribution is 2.28. The van der Waals surface area contributed by atoms with Crippen molar-refractivity contribution in [1.82, 2.24) is 14.5 Å². The number of carbonyl (C=O) groups is 1. The first-order chi connectivity index (χ1) is 14.4. The summed E-state index contributed by atoms with van der Waals surface area (Å²) in [5, 5.41) is 12.6. The minimum absolute atomic E-state index is 0.158. The molecule has 30 heavy (non-hydrogen) atoms. The Kier molecular flexibility index (Phi) is 6.14. The van der Waals surface area contributed by atoms with Gasteiger partial charge in [0.2, 0.25) is 21.1 Å². The van der Waals surface area contributed by atoms with Crippen LogP contribution in [0.4, 0.5) is 5.13 Å². The molecule has 0 unspecified atom stereocenters. The zero-order valence-corrected chi connectivity index (χ0v) is 18.3. The molecule has 2 heterocycles. The first-order valence-electron chi connectivity index (χ1n) is 9.39. The molecule has 0 saturated carbocycles. The first kappa shape index (κ1) is 20.9. The van der Waals surface area contributed by atoms with E-state index in [1.165, 1.54) is 27.8 Å². The van der Waals surface area contributed by atoms with Crippen LogP contribution >= 0.6 is 22.9 Å². The molecule has 1 N–H and O–H groups in total. The minimum Gasteiger partial charge on any atom is -0.300 e. The molecule has 1 aliphatic heterocycles. The average molecular weight is 463 g/mol. The third-order valence-electron chi connectivity index (χ3n) is 4.95. The second-order valence-electron chi connectivity index (χ2n) is 6.90. The van der Waals surface area contributed by atoms with Gasteiger partial charge in [-0.15, -0.1) is 10.2 Å². The van der Waals surface area contributed by atoms with Crippen molar-refractivity contribution in [3.8, 4) is 10.6 Å². The predicted molar refractivity (Wildman–Crippen MR) is 117 cm³/mol. The Labute approximate surface area is 183 Å². The summed E-state index contributed by atoms with van der Waals surface area (Å²) in [4.78, 5) is 12.8. The van der Waals surface area contributed by atoms with Crippen molar-refractivity contribution < 1.29 is 13.2 Å². The molecule has 0 bridgehead atoms. The lowest BCUT2D eigenvalue weighted by Crippen LogP contribution is -2.41. The normalized spacial score (nSPS) is 15.8. The quantitative estimate of drug-likeness (QED) is 0.620. The fourth-order valence-corrected chi connectivity index (χ4v) is 5.64. The molecule has 1 saturated heterocycles. The Morgan fingerprint density at radius 3 is 2.37 bits per heavy atom. The summed E-state index contributed by atoms with van der Waals surface area (Å²) in [5.41, 5.74) is 0.941. The number of aromatic nitrogens is 2. The van der Waals surface area contributed by atoms with Gasteiger partial charge in [0.15, 0.2) is 0 Å². The first-order valence-corrected chi connectivity index (χ1v) is 12.0. The van der Waals surface area contributed by atoms with Gasteiger partial charge in [-0.05, 0) is 37.1 Å². The van der Waals surface area contributed by atoms with Crippen LogP contribution in [0.25, 0.3) is 10.6 Å². The molecule has 0 aliphatic carbocycles. The molecule has 1 aromatic heterocycles. The van der Waals surface area contributed by atoms with Crippen LogP contribution in [0.2, 0.25) is 5.02 Å². The van der Waals surface area contributed by atoms with E-state index in [2.05, 4.69) is 15.5 Å². The van der Waals surface area contributed by atoms with Crippen LogP contribution in [-0.4, -0.2) is 41.9 Å². The number of halogens is 1. The number of piperidine rings is 1. The van der Waals surface area contributed by atoms with E-state index in [0.29, 0.717) is 23.0 Å². The van der Waals surface area contributed by atoms with Crippen molar-refractivity contribution in [2.24, 2.45) is 5.92 Å². The molecule has 0 atom stereocenters. The smallest absolute Gasteiger partial charge is 0.243 e. The van der Waals surface area contributed by atoms with Gasteiger partial charge in [-0.25, -0.2) is 8.42 Å². The van der Waals surface area contributed by atoms with Crippen LogP contribution in [0, 0.1) is 5.92 Å². The van der Waals surface area contributed by atoms with E-state index in [-0.39, 0.29) is 29.8 Å². The third-order valence-corrected chi connectivity index (χ3v) is 8.00. The number of rotatable bonds is 5. The van der Waals surface area contributed by atoms with E-state index in [9.17, 15) is 13.2 Å². The summed E-state index contributed by atoms with van der Waals surface area (Å²) in [7, 11) is -3.59. The number of carbonyl (C=O) groups excluding carboxylic acids is 1. The summed E-state index contributed by atoms with van der Waals surface area (Å²) in [6, 6.07) is 15.7. The number of hydrogen-bond donors (Lipinski definition) is 1. The van der Waals surface area contributed by atoms with Crippen molar-refractivity contribution in [2.45, 2.75) is 17.7 Å². The van der Waals surface area contributed by atoms with Gasteiger partial charge < -0.3 is 5.32 Å². The van der Waals surface area contributed by atoms with Crippen LogP contribution < -0.4 is 5.32 Å². The maximum absolute atomic E-state index is 12.8. The second kappa shape index (κ2) is 8.81. The summed E-state index contributed by atoms with van der Waals surface area (Å²) in [6.45, 7) is 0.572. The Morgan fingerprint density at radius 2 is 1.70 bits per heavy atom. The number of sulfonamides is 1. The van der Waals surface area contributed by atoms with Crippen LogP contribution in [0.15, 0.2) is 59.5 Å². The van der Waals surface area contributed by atoms with Gasteiger partial charge in [0.1, 0.15) is 5.01 Å². The molecule has 1 fully saturated rings.